The van der Waals surface area contributed by atoms with Gasteiger partial charge in [-0.2, -0.15) is 5.26 Å². The molecule has 3 aromatic carbocycles. The van der Waals surface area contributed by atoms with Crippen molar-refractivity contribution in [2.24, 2.45) is 0 Å². The zero-order chi connectivity index (χ0) is 28.0. The zero-order valence-corrected chi connectivity index (χ0v) is 22.7. The minimum absolute atomic E-state index is 0.359. The number of carbonyl (C=O) groups excluding carboxylic acids is 3. The maximum absolute atomic E-state index is 13.8. The maximum atomic E-state index is 13.8. The second-order valence-electron chi connectivity index (χ2n) is 10.2. The summed E-state index contributed by atoms with van der Waals surface area (Å²) in [6.07, 6.45) is -0.765. The van der Waals surface area contributed by atoms with Gasteiger partial charge >= 0.3 is 6.09 Å². The molecule has 2 N–H and O–H groups in total. The van der Waals surface area contributed by atoms with Crippen LogP contribution in [0.2, 0.25) is 0 Å². The Morgan fingerprint density at radius 3 is 2.34 bits per heavy atom. The zero-order valence-electron chi connectivity index (χ0n) is 22.7. The van der Waals surface area contributed by atoms with Crippen LogP contribution in [0.25, 0.3) is 10.8 Å². The predicted octanol–water partition coefficient (Wildman–Crippen LogP) is 5.40. The van der Waals surface area contributed by atoms with Gasteiger partial charge in [-0.05, 0) is 81.1 Å². The number of ether oxygens (including phenoxy) is 1. The minimum atomic E-state index is -1.11. The highest BCUT2D eigenvalue weighted by Gasteiger charge is 2.35. The Labute approximate surface area is 223 Å². The molecule has 0 bridgehead atoms. The number of carbonyl (C=O) groups is 3. The summed E-state index contributed by atoms with van der Waals surface area (Å²) >= 11 is 0. The lowest BCUT2D eigenvalue weighted by Crippen LogP contribution is -2.51. The summed E-state index contributed by atoms with van der Waals surface area (Å²) in [6, 6.07) is 18.7. The smallest absolute Gasteiger partial charge is 0.408 e. The molecular weight excluding hydrogens is 480 g/mol. The summed E-state index contributed by atoms with van der Waals surface area (Å²) < 4.78 is 5.27. The molecule has 0 radical (unpaired) electrons. The van der Waals surface area contributed by atoms with Crippen LogP contribution >= 0.6 is 0 Å². The van der Waals surface area contributed by atoms with Crippen LogP contribution in [-0.4, -0.2) is 41.0 Å². The maximum Gasteiger partial charge on any atom is 0.408 e. The molecule has 198 valence electrons. The van der Waals surface area contributed by atoms with E-state index < -0.39 is 35.6 Å². The number of benzene rings is 3. The number of amides is 3. The first-order chi connectivity index (χ1) is 17.9. The first kappa shape index (κ1) is 28.2. The molecule has 0 heterocycles. The molecule has 0 fully saturated rings. The van der Waals surface area contributed by atoms with Crippen LogP contribution in [0.15, 0.2) is 60.7 Å². The summed E-state index contributed by atoms with van der Waals surface area (Å²) in [5, 5.41) is 17.1. The molecule has 0 aromatic heterocycles. The highest BCUT2D eigenvalue weighted by molar-refractivity contribution is 6.00. The van der Waals surface area contributed by atoms with E-state index in [0.717, 1.165) is 21.9 Å². The number of nitrogens with one attached hydrogen (secondary N) is 2. The summed E-state index contributed by atoms with van der Waals surface area (Å²) in [6.45, 7) is 10.1. The van der Waals surface area contributed by atoms with E-state index in [4.69, 9.17) is 4.74 Å². The van der Waals surface area contributed by atoms with Gasteiger partial charge in [0.15, 0.2) is 0 Å². The van der Waals surface area contributed by atoms with Gasteiger partial charge in [-0.15, -0.1) is 0 Å². The number of anilines is 1. The molecule has 0 saturated carbocycles. The van der Waals surface area contributed by atoms with Gasteiger partial charge in [-0.3, -0.25) is 9.59 Å². The Kier molecular flexibility index (Phi) is 8.74. The van der Waals surface area contributed by atoms with Gasteiger partial charge in [0.1, 0.15) is 24.2 Å². The average Bonchev–Trinajstić information content (AvgIpc) is 2.84. The lowest BCUT2D eigenvalue weighted by molar-refractivity contribution is -0.139. The Morgan fingerprint density at radius 2 is 1.68 bits per heavy atom. The predicted molar refractivity (Wildman–Crippen MR) is 147 cm³/mol. The van der Waals surface area contributed by atoms with Crippen LogP contribution in [0.5, 0.6) is 0 Å². The van der Waals surface area contributed by atoms with Gasteiger partial charge in [0.05, 0.1) is 6.07 Å². The molecule has 0 spiro atoms. The van der Waals surface area contributed by atoms with E-state index in [2.05, 4.69) is 10.6 Å². The van der Waals surface area contributed by atoms with E-state index in [-0.39, 0.29) is 6.54 Å². The van der Waals surface area contributed by atoms with Crippen LogP contribution in [0.3, 0.4) is 0 Å². The van der Waals surface area contributed by atoms with Gasteiger partial charge in [-0.1, -0.05) is 48.5 Å². The average molecular weight is 515 g/mol. The Bertz CT molecular complexity index is 1390. The Balaban J connectivity index is 1.98. The number of aryl methyl sites for hydroxylation is 1. The Morgan fingerprint density at radius 1 is 1.00 bits per heavy atom. The fourth-order valence-electron chi connectivity index (χ4n) is 4.17. The SMILES string of the molecule is Cc1cccc(C(C(=O)Nc2ccc3ccccc3c2)N(CC#N)C(=O)C(C)NC(=O)OC(C)(C)C)c1C. The normalized spacial score (nSPS) is 12.7. The van der Waals surface area contributed by atoms with E-state index in [1.54, 1.807) is 32.9 Å². The quantitative estimate of drug-likeness (QED) is 0.410. The summed E-state index contributed by atoms with van der Waals surface area (Å²) in [5.74, 6) is -1.06. The summed E-state index contributed by atoms with van der Waals surface area (Å²) in [5.41, 5.74) is 2.18. The molecule has 0 saturated heterocycles. The molecule has 0 aliphatic rings. The number of nitriles is 1. The fraction of sp³-hybridized carbons (Fsp3) is 0.333. The van der Waals surface area contributed by atoms with Crippen LogP contribution < -0.4 is 10.6 Å². The number of hydrogen-bond acceptors (Lipinski definition) is 5. The number of nitrogens with zero attached hydrogens (tertiary/aromatic N) is 2. The fourth-order valence-corrected chi connectivity index (χ4v) is 4.17. The van der Waals surface area contributed by atoms with Gasteiger partial charge in [-0.25, -0.2) is 4.79 Å². The third-order valence-electron chi connectivity index (χ3n) is 6.15. The van der Waals surface area contributed by atoms with Crippen LogP contribution in [0, 0.1) is 25.2 Å². The lowest BCUT2D eigenvalue weighted by atomic mass is 9.95. The van der Waals surface area contributed by atoms with Gasteiger partial charge in [0.2, 0.25) is 5.91 Å². The first-order valence-electron chi connectivity index (χ1n) is 12.4. The highest BCUT2D eigenvalue weighted by atomic mass is 16.6. The summed E-state index contributed by atoms with van der Waals surface area (Å²) in [7, 11) is 0. The van der Waals surface area contributed by atoms with Gasteiger partial charge < -0.3 is 20.3 Å². The van der Waals surface area contributed by atoms with Crippen molar-refractivity contribution in [3.8, 4) is 6.07 Å². The topological polar surface area (TPSA) is 112 Å². The molecular formula is C30H34N4O4. The van der Waals surface area contributed by atoms with Gasteiger partial charge in [0.25, 0.3) is 5.91 Å². The molecule has 3 aromatic rings. The second kappa shape index (κ2) is 11.8. The molecule has 3 amide bonds. The van der Waals surface area contributed by atoms with Crippen molar-refractivity contribution in [3.05, 3.63) is 77.4 Å². The first-order valence-corrected chi connectivity index (χ1v) is 12.4. The largest absolute Gasteiger partial charge is 0.444 e. The Hall–Kier alpha value is -4.38. The standard InChI is InChI=1S/C30H34N4O4/c1-19-10-9-13-25(20(19)2)26(27(35)33-24-15-14-22-11-7-8-12-23(22)18-24)34(17-16-31)28(36)21(3)32-29(37)38-30(4,5)6/h7-15,18,21,26H,17H2,1-6H3,(H,32,37)(H,33,35). The van der Waals surface area contributed by atoms with Crippen molar-refractivity contribution in [2.75, 3.05) is 11.9 Å². The molecule has 2 unspecified atom stereocenters. The van der Waals surface area contributed by atoms with Crippen molar-refractivity contribution in [3.63, 3.8) is 0 Å². The number of fused-ring (bicyclic) bond motifs is 1. The van der Waals surface area contributed by atoms with Crippen molar-refractivity contribution < 1.29 is 19.1 Å². The molecule has 8 heteroatoms. The van der Waals surface area contributed by atoms with E-state index in [1.165, 1.54) is 11.8 Å². The minimum Gasteiger partial charge on any atom is -0.444 e. The van der Waals surface area contributed by atoms with Crippen molar-refractivity contribution in [1.82, 2.24) is 10.2 Å². The molecule has 2 atom stereocenters. The van der Waals surface area contributed by atoms with Crippen LogP contribution in [-0.2, 0) is 14.3 Å². The van der Waals surface area contributed by atoms with Crippen molar-refractivity contribution in [1.29, 1.82) is 5.26 Å². The van der Waals surface area contributed by atoms with Crippen molar-refractivity contribution >= 4 is 34.4 Å². The second-order valence-corrected chi connectivity index (χ2v) is 10.2. The monoisotopic (exact) mass is 514 g/mol. The van der Waals surface area contributed by atoms with Gasteiger partial charge in [0, 0.05) is 5.69 Å². The third kappa shape index (κ3) is 6.88. The number of alkyl carbamates (subject to hydrolysis) is 1. The van der Waals surface area contributed by atoms with Crippen LogP contribution in [0.1, 0.15) is 50.4 Å². The lowest BCUT2D eigenvalue weighted by Gasteiger charge is -2.33. The number of rotatable bonds is 7. The highest BCUT2D eigenvalue weighted by Crippen LogP contribution is 2.29. The number of hydrogen-bond donors (Lipinski definition) is 2. The molecule has 3 rings (SSSR count). The van der Waals surface area contributed by atoms with E-state index in [0.29, 0.717) is 11.3 Å². The van der Waals surface area contributed by atoms with Crippen molar-refractivity contribution in [2.45, 2.75) is 59.2 Å². The third-order valence-corrected chi connectivity index (χ3v) is 6.15. The van der Waals surface area contributed by atoms with Crippen LogP contribution in [0.4, 0.5) is 10.5 Å². The summed E-state index contributed by atoms with van der Waals surface area (Å²) in [4.78, 5) is 41.0. The molecule has 0 aliphatic carbocycles. The molecule has 8 nitrogen and oxygen atoms in total. The van der Waals surface area contributed by atoms with E-state index in [1.807, 2.05) is 68.4 Å². The molecule has 0 aliphatic heterocycles. The van der Waals surface area contributed by atoms with E-state index in [9.17, 15) is 19.6 Å². The molecule has 38 heavy (non-hydrogen) atoms. The van der Waals surface area contributed by atoms with E-state index >= 15 is 0 Å².